The Kier molecular flexibility index (Phi) is 4.57. The summed E-state index contributed by atoms with van der Waals surface area (Å²) in [5.41, 5.74) is 2.91. The van der Waals surface area contributed by atoms with Gasteiger partial charge in [0.2, 0.25) is 11.1 Å². The van der Waals surface area contributed by atoms with Gasteiger partial charge in [-0.05, 0) is 66.6 Å². The number of phenols is 1. The van der Waals surface area contributed by atoms with Crippen LogP contribution < -0.4 is 4.90 Å². The third-order valence-electron chi connectivity index (χ3n) is 4.61. The van der Waals surface area contributed by atoms with Crippen LogP contribution in [-0.2, 0) is 11.2 Å². The molecule has 0 spiro atoms. The highest BCUT2D eigenvalue weighted by atomic mass is 32.2. The van der Waals surface area contributed by atoms with Crippen molar-refractivity contribution in [2.45, 2.75) is 36.7 Å². The summed E-state index contributed by atoms with van der Waals surface area (Å²) in [5, 5.41) is 21.4. The van der Waals surface area contributed by atoms with Gasteiger partial charge < -0.3 is 10.0 Å². The highest BCUT2D eigenvalue weighted by molar-refractivity contribution is 8.00. The molecule has 27 heavy (non-hydrogen) atoms. The fraction of sp³-hybridized carbons (Fsp3) is 0.263. The topological polar surface area (TPSA) is 84.1 Å². The minimum Gasteiger partial charge on any atom is -0.508 e. The number of phenolic OH excluding ortho intramolecular Hbond substituents is 1. The zero-order chi connectivity index (χ0) is 19.0. The summed E-state index contributed by atoms with van der Waals surface area (Å²) in [7, 11) is 0. The normalized spacial score (nSPS) is 17.0. The molecule has 1 aliphatic heterocycles. The van der Waals surface area contributed by atoms with Crippen LogP contribution in [0.25, 0.3) is 5.69 Å². The highest BCUT2D eigenvalue weighted by Crippen LogP contribution is 2.34. The average molecular weight is 381 g/mol. The number of fused-ring (bicyclic) bond motifs is 1. The minimum atomic E-state index is -0.347. The number of carbonyl (C=O) groups excluding carboxylic acids is 1. The number of benzene rings is 2. The fourth-order valence-electron chi connectivity index (χ4n) is 3.31. The quantitative estimate of drug-likeness (QED) is 0.700. The lowest BCUT2D eigenvalue weighted by molar-refractivity contribution is -0.118. The van der Waals surface area contributed by atoms with Crippen molar-refractivity contribution in [3.63, 3.8) is 0 Å². The second kappa shape index (κ2) is 7.03. The maximum absolute atomic E-state index is 13.1. The summed E-state index contributed by atoms with van der Waals surface area (Å²) in [6.07, 6.45) is 0.866. The van der Waals surface area contributed by atoms with Crippen LogP contribution in [-0.4, -0.2) is 42.5 Å². The van der Waals surface area contributed by atoms with Crippen molar-refractivity contribution in [2.75, 3.05) is 4.90 Å². The van der Waals surface area contributed by atoms with E-state index in [2.05, 4.69) is 28.5 Å². The molecule has 0 saturated carbocycles. The van der Waals surface area contributed by atoms with E-state index < -0.39 is 0 Å². The van der Waals surface area contributed by atoms with Crippen molar-refractivity contribution in [2.24, 2.45) is 0 Å². The number of carbonyl (C=O) groups is 1. The van der Waals surface area contributed by atoms with Crippen molar-refractivity contribution in [1.29, 1.82) is 0 Å². The summed E-state index contributed by atoms with van der Waals surface area (Å²) < 4.78 is 1.56. The Hall–Kier alpha value is -2.87. The predicted octanol–water partition coefficient (Wildman–Crippen LogP) is 2.83. The summed E-state index contributed by atoms with van der Waals surface area (Å²) in [6.45, 7) is 3.94. The Labute approximate surface area is 161 Å². The van der Waals surface area contributed by atoms with Gasteiger partial charge in [0.1, 0.15) is 5.75 Å². The molecule has 8 heteroatoms. The van der Waals surface area contributed by atoms with Crippen LogP contribution in [0.2, 0.25) is 0 Å². The number of amides is 1. The number of anilines is 1. The Morgan fingerprint density at radius 2 is 1.96 bits per heavy atom. The number of hydrogen-bond acceptors (Lipinski definition) is 6. The van der Waals surface area contributed by atoms with Crippen molar-refractivity contribution < 1.29 is 9.90 Å². The molecule has 4 rings (SSSR count). The van der Waals surface area contributed by atoms with Gasteiger partial charge in [0.05, 0.1) is 10.9 Å². The zero-order valence-electron chi connectivity index (χ0n) is 15.0. The first-order valence-electron chi connectivity index (χ1n) is 8.70. The Bertz CT molecular complexity index is 972. The van der Waals surface area contributed by atoms with Crippen LogP contribution in [0.4, 0.5) is 5.69 Å². The van der Waals surface area contributed by atoms with Crippen molar-refractivity contribution in [3.8, 4) is 11.4 Å². The first-order chi connectivity index (χ1) is 13.0. The van der Waals surface area contributed by atoms with Gasteiger partial charge in [0.15, 0.2) is 0 Å². The van der Waals surface area contributed by atoms with Gasteiger partial charge in [-0.1, -0.05) is 30.0 Å². The molecule has 3 aromatic rings. The van der Waals surface area contributed by atoms with Gasteiger partial charge in [0, 0.05) is 11.7 Å². The average Bonchev–Trinajstić information content (AvgIpc) is 3.25. The summed E-state index contributed by atoms with van der Waals surface area (Å²) >= 11 is 1.32. The van der Waals surface area contributed by atoms with Crippen molar-refractivity contribution >= 4 is 23.4 Å². The van der Waals surface area contributed by atoms with E-state index >= 15 is 0 Å². The fourth-order valence-corrected chi connectivity index (χ4v) is 4.17. The summed E-state index contributed by atoms with van der Waals surface area (Å²) in [5.74, 6) is 0.212. The molecule has 2 unspecified atom stereocenters. The third-order valence-corrected chi connectivity index (χ3v) is 5.63. The smallest absolute Gasteiger partial charge is 0.240 e. The van der Waals surface area contributed by atoms with Gasteiger partial charge in [0.25, 0.3) is 0 Å². The van der Waals surface area contributed by atoms with Crippen LogP contribution >= 0.6 is 11.8 Å². The number of aromatic nitrogens is 4. The van der Waals surface area contributed by atoms with E-state index in [4.69, 9.17) is 0 Å². The van der Waals surface area contributed by atoms with Crippen molar-refractivity contribution in [1.82, 2.24) is 20.2 Å². The third kappa shape index (κ3) is 3.28. The molecule has 0 fully saturated rings. The molecule has 0 saturated heterocycles. The lowest BCUT2D eigenvalue weighted by atomic mass is 10.1. The van der Waals surface area contributed by atoms with Crippen LogP contribution in [0.15, 0.2) is 53.7 Å². The molecule has 2 aromatic carbocycles. The highest BCUT2D eigenvalue weighted by Gasteiger charge is 2.34. The molecule has 7 nitrogen and oxygen atoms in total. The SMILES string of the molecule is CC(Sc1nnnn1-c1ccc(O)cc1)C(=O)N1c2ccccc2CC1C. The number of aromatic hydroxyl groups is 1. The molecule has 1 N–H and O–H groups in total. The van der Waals surface area contributed by atoms with E-state index in [0.717, 1.165) is 17.8 Å². The van der Waals surface area contributed by atoms with Gasteiger partial charge >= 0.3 is 0 Å². The van der Waals surface area contributed by atoms with Crippen LogP contribution in [0.3, 0.4) is 0 Å². The number of hydrogen-bond donors (Lipinski definition) is 1. The maximum atomic E-state index is 13.1. The molecule has 0 radical (unpaired) electrons. The van der Waals surface area contributed by atoms with E-state index in [1.165, 1.54) is 17.3 Å². The molecule has 0 aliphatic carbocycles. The molecular weight excluding hydrogens is 362 g/mol. The standard InChI is InChI=1S/C19H19N5O2S/c1-12-11-14-5-3-4-6-17(14)23(12)18(26)13(2)27-19-20-21-22-24(19)15-7-9-16(25)10-8-15/h3-10,12-13,25H,11H2,1-2H3. The number of tetrazole rings is 1. The minimum absolute atomic E-state index is 0.0395. The van der Waals surface area contributed by atoms with Gasteiger partial charge in [-0.15, -0.1) is 5.10 Å². The van der Waals surface area contributed by atoms with E-state index in [1.807, 2.05) is 30.0 Å². The lowest BCUT2D eigenvalue weighted by Gasteiger charge is -2.25. The van der Waals surface area contributed by atoms with E-state index in [0.29, 0.717) is 5.16 Å². The summed E-state index contributed by atoms with van der Waals surface area (Å²) in [4.78, 5) is 15.0. The Morgan fingerprint density at radius 3 is 2.74 bits per heavy atom. The van der Waals surface area contributed by atoms with E-state index in [-0.39, 0.29) is 22.9 Å². The van der Waals surface area contributed by atoms with Crippen LogP contribution in [0.1, 0.15) is 19.4 Å². The number of rotatable bonds is 4. The predicted molar refractivity (Wildman–Crippen MR) is 103 cm³/mol. The number of thioether (sulfide) groups is 1. The molecule has 1 aromatic heterocycles. The molecule has 2 heterocycles. The van der Waals surface area contributed by atoms with E-state index in [9.17, 15) is 9.90 Å². The van der Waals surface area contributed by atoms with Crippen LogP contribution in [0, 0.1) is 0 Å². The molecular formula is C19H19N5O2S. The van der Waals surface area contributed by atoms with Gasteiger partial charge in [-0.25, -0.2) is 0 Å². The van der Waals surface area contributed by atoms with Crippen LogP contribution in [0.5, 0.6) is 5.75 Å². The number of para-hydroxylation sites is 1. The molecule has 138 valence electrons. The zero-order valence-corrected chi connectivity index (χ0v) is 15.8. The Balaban J connectivity index is 1.55. The maximum Gasteiger partial charge on any atom is 0.240 e. The largest absolute Gasteiger partial charge is 0.508 e. The molecule has 1 amide bonds. The summed E-state index contributed by atoms with van der Waals surface area (Å²) in [6, 6.07) is 14.8. The van der Waals surface area contributed by atoms with Crippen molar-refractivity contribution in [3.05, 3.63) is 54.1 Å². The second-order valence-corrected chi connectivity index (χ2v) is 7.85. The second-order valence-electron chi connectivity index (χ2n) is 6.54. The Morgan fingerprint density at radius 1 is 1.22 bits per heavy atom. The molecule has 0 bridgehead atoms. The van der Waals surface area contributed by atoms with E-state index in [1.54, 1.807) is 28.9 Å². The molecule has 1 aliphatic rings. The first kappa shape index (κ1) is 17.5. The first-order valence-corrected chi connectivity index (χ1v) is 9.58. The number of nitrogens with zero attached hydrogens (tertiary/aromatic N) is 5. The van der Waals surface area contributed by atoms with Gasteiger partial charge in [-0.2, -0.15) is 4.68 Å². The molecule has 2 atom stereocenters. The lowest BCUT2D eigenvalue weighted by Crippen LogP contribution is -2.40. The monoisotopic (exact) mass is 381 g/mol. The van der Waals surface area contributed by atoms with Gasteiger partial charge in [-0.3, -0.25) is 4.79 Å².